The third-order valence-corrected chi connectivity index (χ3v) is 6.77. The van der Waals surface area contributed by atoms with Crippen LogP contribution >= 0.6 is 11.8 Å². The fourth-order valence-electron chi connectivity index (χ4n) is 2.51. The Balaban J connectivity index is 1.61. The average molecular weight is 351 g/mol. The van der Waals surface area contributed by atoms with Crippen molar-refractivity contribution in [3.63, 3.8) is 0 Å². The fourth-order valence-corrected chi connectivity index (χ4v) is 6.19. The maximum atomic E-state index is 11.8. The number of amidine groups is 1. The van der Waals surface area contributed by atoms with Crippen LogP contribution in [0.25, 0.3) is 0 Å². The summed E-state index contributed by atoms with van der Waals surface area (Å²) >= 11 is 1.47. The number of aliphatic imine (C=N–C) groups is 1. The molecule has 0 saturated carbocycles. The predicted octanol–water partition coefficient (Wildman–Crippen LogP) is 1.28. The molecule has 6 nitrogen and oxygen atoms in total. The van der Waals surface area contributed by atoms with Gasteiger partial charge in [-0.3, -0.25) is 9.79 Å². The third kappa shape index (κ3) is 3.76. The number of thioether (sulfide) groups is 1. The molecule has 0 unspecified atom stereocenters. The summed E-state index contributed by atoms with van der Waals surface area (Å²) in [5.74, 6) is 0.182. The number of carbonyl (C=O) groups is 1. The molecule has 1 fully saturated rings. The molecule has 2 heterocycles. The van der Waals surface area contributed by atoms with Gasteiger partial charge in [0.05, 0.1) is 17.5 Å². The van der Waals surface area contributed by atoms with Crippen molar-refractivity contribution in [3.8, 4) is 0 Å². The molecule has 0 spiro atoms. The van der Waals surface area contributed by atoms with Crippen molar-refractivity contribution in [2.45, 2.75) is 11.3 Å². The van der Waals surface area contributed by atoms with Crippen LogP contribution < -0.4 is 10.6 Å². The van der Waals surface area contributed by atoms with Crippen molar-refractivity contribution in [3.05, 3.63) is 42.5 Å². The number of fused-ring (bicyclic) bond motifs is 1. The Kier molecular flexibility index (Phi) is 4.45. The molecule has 2 aliphatic rings. The summed E-state index contributed by atoms with van der Waals surface area (Å²) in [5, 5.41) is 6.64. The Labute approximate surface area is 139 Å². The number of anilines is 1. The second-order valence-corrected chi connectivity index (χ2v) is 8.82. The van der Waals surface area contributed by atoms with E-state index in [-0.39, 0.29) is 28.7 Å². The minimum absolute atomic E-state index is 0.0199. The lowest BCUT2D eigenvalue weighted by atomic mass is 10.2. The molecule has 3 rings (SSSR count). The Morgan fingerprint density at radius 1 is 1.35 bits per heavy atom. The quantitative estimate of drug-likeness (QED) is 0.798. The molecular weight excluding hydrogens is 334 g/mol. The molecule has 1 amide bonds. The van der Waals surface area contributed by atoms with Gasteiger partial charge in [-0.25, -0.2) is 8.42 Å². The van der Waals surface area contributed by atoms with Crippen LogP contribution in [0, 0.1) is 0 Å². The molecule has 1 aromatic carbocycles. The summed E-state index contributed by atoms with van der Waals surface area (Å²) in [6.45, 7) is 3.98. The molecule has 1 saturated heterocycles. The highest BCUT2D eigenvalue weighted by molar-refractivity contribution is 8.15. The minimum atomic E-state index is -2.93. The van der Waals surface area contributed by atoms with Gasteiger partial charge in [-0.05, 0) is 24.3 Å². The number of carbonyl (C=O) groups excluding carboxylic acids is 1. The van der Waals surface area contributed by atoms with E-state index in [1.807, 2.05) is 0 Å². The highest BCUT2D eigenvalue weighted by atomic mass is 32.2. The lowest BCUT2D eigenvalue weighted by Gasteiger charge is -2.08. The first-order chi connectivity index (χ1) is 11.0. The van der Waals surface area contributed by atoms with Gasteiger partial charge >= 0.3 is 0 Å². The van der Waals surface area contributed by atoms with Gasteiger partial charge in [0, 0.05) is 23.0 Å². The Morgan fingerprint density at radius 3 is 2.74 bits per heavy atom. The highest BCUT2D eigenvalue weighted by Gasteiger charge is 2.42. The van der Waals surface area contributed by atoms with Crippen molar-refractivity contribution in [1.82, 2.24) is 5.32 Å². The fraction of sp³-hybridized carbons (Fsp3) is 0.333. The van der Waals surface area contributed by atoms with E-state index in [1.54, 1.807) is 30.3 Å². The Bertz CT molecular complexity index is 757. The van der Waals surface area contributed by atoms with E-state index in [0.717, 1.165) is 10.9 Å². The van der Waals surface area contributed by atoms with Gasteiger partial charge in [-0.15, -0.1) is 6.58 Å². The second kappa shape index (κ2) is 6.37. The zero-order chi connectivity index (χ0) is 16.4. The third-order valence-electron chi connectivity index (χ3n) is 3.62. The van der Waals surface area contributed by atoms with Gasteiger partial charge in [-0.2, -0.15) is 0 Å². The number of amides is 1. The first-order valence-electron chi connectivity index (χ1n) is 7.18. The summed E-state index contributed by atoms with van der Waals surface area (Å²) in [4.78, 5) is 16.2. The average Bonchev–Trinajstić information content (AvgIpc) is 2.98. The summed E-state index contributed by atoms with van der Waals surface area (Å²) < 4.78 is 23.1. The molecule has 8 heteroatoms. The van der Waals surface area contributed by atoms with Crippen molar-refractivity contribution in [1.29, 1.82) is 0 Å². The van der Waals surface area contributed by atoms with Crippen LogP contribution in [-0.4, -0.2) is 48.8 Å². The first kappa shape index (κ1) is 16.1. The van der Waals surface area contributed by atoms with Gasteiger partial charge in [0.1, 0.15) is 0 Å². The van der Waals surface area contributed by atoms with Crippen molar-refractivity contribution in [2.75, 3.05) is 23.4 Å². The zero-order valence-corrected chi connectivity index (χ0v) is 14.0. The van der Waals surface area contributed by atoms with E-state index in [9.17, 15) is 13.2 Å². The number of sulfone groups is 1. The smallest absolute Gasteiger partial charge is 0.251 e. The maximum absolute atomic E-state index is 11.8. The number of hydrogen-bond donors (Lipinski definition) is 2. The van der Waals surface area contributed by atoms with Crippen molar-refractivity contribution >= 4 is 38.4 Å². The van der Waals surface area contributed by atoms with Crippen molar-refractivity contribution < 1.29 is 13.2 Å². The van der Waals surface area contributed by atoms with E-state index < -0.39 is 9.84 Å². The summed E-state index contributed by atoms with van der Waals surface area (Å²) in [6, 6.07) is 6.92. The predicted molar refractivity (Wildman–Crippen MR) is 93.9 cm³/mol. The topological polar surface area (TPSA) is 87.6 Å². The zero-order valence-electron chi connectivity index (χ0n) is 12.4. The van der Waals surface area contributed by atoms with Gasteiger partial charge in [-0.1, -0.05) is 17.8 Å². The van der Waals surface area contributed by atoms with Crippen LogP contribution in [0.2, 0.25) is 0 Å². The molecule has 2 aliphatic heterocycles. The van der Waals surface area contributed by atoms with Gasteiger partial charge in [0.2, 0.25) is 0 Å². The van der Waals surface area contributed by atoms with Crippen molar-refractivity contribution in [2.24, 2.45) is 4.99 Å². The maximum Gasteiger partial charge on any atom is 0.251 e. The van der Waals surface area contributed by atoms with Gasteiger partial charge in [0.25, 0.3) is 5.91 Å². The summed E-state index contributed by atoms with van der Waals surface area (Å²) in [7, 11) is -2.93. The Morgan fingerprint density at radius 2 is 2.09 bits per heavy atom. The lowest BCUT2D eigenvalue weighted by Crippen LogP contribution is -2.23. The van der Waals surface area contributed by atoms with E-state index in [4.69, 9.17) is 0 Å². The van der Waals surface area contributed by atoms with E-state index >= 15 is 0 Å². The van der Waals surface area contributed by atoms with Gasteiger partial charge < -0.3 is 10.6 Å². The normalized spacial score (nSPS) is 24.6. The number of nitrogens with one attached hydrogen (secondary N) is 2. The minimum Gasteiger partial charge on any atom is -0.349 e. The SMILES string of the molecule is C=CCNC(=O)c1ccc(NC2=N[C@H]3CS(=O)(=O)C[C@H]3S2)cc1. The summed E-state index contributed by atoms with van der Waals surface area (Å²) in [5.41, 5.74) is 1.39. The van der Waals surface area contributed by atoms with Crippen LogP contribution in [0.1, 0.15) is 10.4 Å². The van der Waals surface area contributed by atoms with Crippen LogP contribution in [0.5, 0.6) is 0 Å². The number of benzene rings is 1. The lowest BCUT2D eigenvalue weighted by molar-refractivity contribution is 0.0958. The van der Waals surface area contributed by atoms with Crippen LogP contribution in [-0.2, 0) is 9.84 Å². The molecule has 23 heavy (non-hydrogen) atoms. The molecule has 0 aliphatic carbocycles. The molecule has 1 aromatic rings. The van der Waals surface area contributed by atoms with E-state index in [2.05, 4.69) is 22.2 Å². The first-order valence-corrected chi connectivity index (χ1v) is 9.88. The number of nitrogens with zero attached hydrogens (tertiary/aromatic N) is 1. The number of rotatable bonds is 4. The Hall–Kier alpha value is -1.80. The van der Waals surface area contributed by atoms with E-state index in [1.165, 1.54) is 11.8 Å². The van der Waals surface area contributed by atoms with Crippen LogP contribution in [0.3, 0.4) is 0 Å². The second-order valence-electron chi connectivity index (χ2n) is 5.44. The largest absolute Gasteiger partial charge is 0.349 e. The van der Waals surface area contributed by atoms with E-state index in [0.29, 0.717) is 12.1 Å². The molecule has 2 atom stereocenters. The highest BCUT2D eigenvalue weighted by Crippen LogP contribution is 2.34. The molecule has 122 valence electrons. The summed E-state index contributed by atoms with van der Waals surface area (Å²) in [6.07, 6.45) is 1.63. The molecule has 2 N–H and O–H groups in total. The van der Waals surface area contributed by atoms with Gasteiger partial charge in [0.15, 0.2) is 15.0 Å². The number of hydrogen-bond acceptors (Lipinski definition) is 6. The molecule has 0 radical (unpaired) electrons. The standard InChI is InChI=1S/C15H17N3O3S2/c1-2-7-16-14(19)10-3-5-11(6-4-10)17-15-18-12-8-23(20,21)9-13(12)22-15/h2-6,12-13H,1,7-9H2,(H,16,19)(H,17,18)/t12-,13+/m0/s1. The monoisotopic (exact) mass is 351 g/mol. The molecule has 0 bridgehead atoms. The molecular formula is C15H17N3O3S2. The van der Waals surface area contributed by atoms with Crippen LogP contribution in [0.15, 0.2) is 41.9 Å². The van der Waals surface area contributed by atoms with Crippen LogP contribution in [0.4, 0.5) is 5.69 Å². The molecule has 0 aromatic heterocycles.